The Morgan fingerprint density at radius 3 is 2.70 bits per heavy atom. The summed E-state index contributed by atoms with van der Waals surface area (Å²) >= 11 is 6.58. The SMILES string of the molecule is CCC(=O)N1N=C(c2ccccc2OC)C[C@@H]1c1cc2ccc(OC)cc2nc1Cl. The number of aromatic nitrogens is 1. The Morgan fingerprint density at radius 2 is 1.97 bits per heavy atom. The minimum Gasteiger partial charge on any atom is -0.497 e. The second kappa shape index (κ2) is 8.32. The number of hydrogen-bond acceptors (Lipinski definition) is 5. The molecule has 6 nitrogen and oxygen atoms in total. The summed E-state index contributed by atoms with van der Waals surface area (Å²) in [5.74, 6) is 1.36. The van der Waals surface area contributed by atoms with Crippen LogP contribution in [0.1, 0.15) is 36.9 Å². The molecule has 0 aliphatic carbocycles. The lowest BCUT2D eigenvalue weighted by atomic mass is 9.97. The first-order valence-electron chi connectivity index (χ1n) is 9.72. The van der Waals surface area contributed by atoms with E-state index in [0.717, 1.165) is 33.5 Å². The second-order valence-corrected chi connectivity index (χ2v) is 7.34. The highest BCUT2D eigenvalue weighted by Crippen LogP contribution is 2.39. The molecule has 1 atom stereocenters. The molecule has 0 saturated carbocycles. The van der Waals surface area contributed by atoms with Crippen molar-refractivity contribution < 1.29 is 14.3 Å². The smallest absolute Gasteiger partial charge is 0.242 e. The Bertz CT molecular complexity index is 1150. The quantitative estimate of drug-likeness (QED) is 0.542. The van der Waals surface area contributed by atoms with E-state index in [0.29, 0.717) is 23.7 Å². The molecule has 0 radical (unpaired) electrons. The number of carbonyl (C=O) groups is 1. The molecule has 2 aromatic carbocycles. The monoisotopic (exact) mass is 423 g/mol. The fourth-order valence-corrected chi connectivity index (χ4v) is 3.96. The van der Waals surface area contributed by atoms with Crippen LogP contribution < -0.4 is 9.47 Å². The molecule has 0 fully saturated rings. The minimum atomic E-state index is -0.330. The van der Waals surface area contributed by atoms with Gasteiger partial charge in [0.05, 0.1) is 31.5 Å². The van der Waals surface area contributed by atoms with Gasteiger partial charge in [0.2, 0.25) is 5.91 Å². The van der Waals surface area contributed by atoms with E-state index in [1.807, 2.05) is 55.5 Å². The van der Waals surface area contributed by atoms with Gasteiger partial charge >= 0.3 is 0 Å². The van der Waals surface area contributed by atoms with Crippen molar-refractivity contribution in [3.63, 3.8) is 0 Å². The van der Waals surface area contributed by atoms with E-state index in [4.69, 9.17) is 21.1 Å². The number of nitrogens with zero attached hydrogens (tertiary/aromatic N) is 3. The number of hydrazone groups is 1. The van der Waals surface area contributed by atoms with E-state index < -0.39 is 0 Å². The Balaban J connectivity index is 1.78. The normalized spacial score (nSPS) is 15.9. The van der Waals surface area contributed by atoms with Gasteiger partial charge in [0.15, 0.2) is 0 Å². The van der Waals surface area contributed by atoms with Crippen LogP contribution in [0.4, 0.5) is 0 Å². The van der Waals surface area contributed by atoms with Gasteiger partial charge in [-0.05, 0) is 30.3 Å². The first-order valence-corrected chi connectivity index (χ1v) is 10.1. The van der Waals surface area contributed by atoms with E-state index in [1.54, 1.807) is 14.2 Å². The Kier molecular flexibility index (Phi) is 5.59. The van der Waals surface area contributed by atoms with E-state index in [2.05, 4.69) is 10.1 Å². The zero-order chi connectivity index (χ0) is 21.3. The summed E-state index contributed by atoms with van der Waals surface area (Å²) < 4.78 is 10.8. The van der Waals surface area contributed by atoms with Crippen LogP contribution in [0.2, 0.25) is 5.15 Å². The summed E-state index contributed by atoms with van der Waals surface area (Å²) in [7, 11) is 3.24. The summed E-state index contributed by atoms with van der Waals surface area (Å²) in [4.78, 5) is 17.2. The van der Waals surface area contributed by atoms with E-state index in [-0.39, 0.29) is 11.9 Å². The predicted molar refractivity (Wildman–Crippen MR) is 117 cm³/mol. The number of fused-ring (bicyclic) bond motifs is 1. The average Bonchev–Trinajstić information content (AvgIpc) is 3.22. The zero-order valence-electron chi connectivity index (χ0n) is 17.1. The number of benzene rings is 2. The zero-order valence-corrected chi connectivity index (χ0v) is 17.8. The van der Waals surface area contributed by atoms with Crippen molar-refractivity contribution in [3.8, 4) is 11.5 Å². The molecular formula is C23H22ClN3O3. The van der Waals surface area contributed by atoms with Crippen LogP contribution in [0.5, 0.6) is 11.5 Å². The third-order valence-corrected chi connectivity index (χ3v) is 5.55. The lowest BCUT2D eigenvalue weighted by molar-refractivity contribution is -0.132. The molecule has 2 heterocycles. The van der Waals surface area contributed by atoms with Crippen molar-refractivity contribution in [2.45, 2.75) is 25.8 Å². The number of rotatable bonds is 5. The molecule has 30 heavy (non-hydrogen) atoms. The maximum atomic E-state index is 12.7. The molecular weight excluding hydrogens is 402 g/mol. The summed E-state index contributed by atoms with van der Waals surface area (Å²) in [6.07, 6.45) is 0.865. The van der Waals surface area contributed by atoms with E-state index in [9.17, 15) is 4.79 Å². The van der Waals surface area contributed by atoms with Crippen LogP contribution in [0, 0.1) is 0 Å². The van der Waals surface area contributed by atoms with Crippen molar-refractivity contribution in [2.24, 2.45) is 5.10 Å². The van der Waals surface area contributed by atoms with E-state index >= 15 is 0 Å². The number of ether oxygens (including phenoxy) is 2. The van der Waals surface area contributed by atoms with Gasteiger partial charge in [-0.15, -0.1) is 0 Å². The summed E-state index contributed by atoms with van der Waals surface area (Å²) in [5, 5.41) is 7.46. The number of pyridine rings is 1. The van der Waals surface area contributed by atoms with Crippen molar-refractivity contribution in [2.75, 3.05) is 14.2 Å². The molecule has 1 aliphatic rings. The van der Waals surface area contributed by atoms with Crippen LogP contribution in [0.15, 0.2) is 53.6 Å². The lowest BCUT2D eigenvalue weighted by Gasteiger charge is -2.22. The van der Waals surface area contributed by atoms with Gasteiger partial charge in [0.25, 0.3) is 0 Å². The van der Waals surface area contributed by atoms with Gasteiger partial charge in [0, 0.05) is 35.4 Å². The van der Waals surface area contributed by atoms with Crippen molar-refractivity contribution in [1.82, 2.24) is 9.99 Å². The Morgan fingerprint density at radius 1 is 1.17 bits per heavy atom. The van der Waals surface area contributed by atoms with Crippen LogP contribution >= 0.6 is 11.6 Å². The molecule has 3 aromatic rings. The molecule has 0 spiro atoms. The highest BCUT2D eigenvalue weighted by Gasteiger charge is 2.35. The Hall–Kier alpha value is -3.12. The molecule has 4 rings (SSSR count). The molecule has 154 valence electrons. The lowest BCUT2D eigenvalue weighted by Crippen LogP contribution is -2.26. The summed E-state index contributed by atoms with van der Waals surface area (Å²) in [6.45, 7) is 1.82. The fourth-order valence-electron chi connectivity index (χ4n) is 3.69. The van der Waals surface area contributed by atoms with Crippen LogP contribution in [-0.2, 0) is 4.79 Å². The van der Waals surface area contributed by atoms with Crippen LogP contribution in [-0.4, -0.2) is 35.8 Å². The molecule has 0 saturated heterocycles. The minimum absolute atomic E-state index is 0.0733. The fraction of sp³-hybridized carbons (Fsp3) is 0.261. The number of carbonyl (C=O) groups excluding carboxylic acids is 1. The second-order valence-electron chi connectivity index (χ2n) is 6.99. The van der Waals surface area contributed by atoms with E-state index in [1.165, 1.54) is 5.01 Å². The van der Waals surface area contributed by atoms with Gasteiger partial charge in [-0.2, -0.15) is 5.10 Å². The van der Waals surface area contributed by atoms with Crippen LogP contribution in [0.25, 0.3) is 10.9 Å². The largest absolute Gasteiger partial charge is 0.497 e. The van der Waals surface area contributed by atoms with Crippen molar-refractivity contribution in [1.29, 1.82) is 0 Å². The highest BCUT2D eigenvalue weighted by molar-refractivity contribution is 6.30. The number of amides is 1. The Labute approximate surface area is 180 Å². The maximum Gasteiger partial charge on any atom is 0.242 e. The first-order chi connectivity index (χ1) is 14.5. The number of methoxy groups -OCH3 is 2. The first kappa shape index (κ1) is 20.2. The number of hydrogen-bond donors (Lipinski definition) is 0. The standard InChI is InChI=1S/C23H22ClN3O3/c1-4-22(28)27-20(13-19(26-27)16-7-5-6-8-21(16)30-3)17-11-14-9-10-15(29-2)12-18(14)25-23(17)24/h5-12,20H,4,13H2,1-3H3/t20-/m1/s1. The molecule has 7 heteroatoms. The topological polar surface area (TPSA) is 64.0 Å². The highest BCUT2D eigenvalue weighted by atomic mass is 35.5. The predicted octanol–water partition coefficient (Wildman–Crippen LogP) is 4.99. The van der Waals surface area contributed by atoms with Gasteiger partial charge in [-0.3, -0.25) is 4.79 Å². The third-order valence-electron chi connectivity index (χ3n) is 5.25. The number of halogens is 1. The number of para-hydroxylation sites is 1. The van der Waals surface area contributed by atoms with Gasteiger partial charge in [0.1, 0.15) is 16.7 Å². The van der Waals surface area contributed by atoms with Crippen molar-refractivity contribution in [3.05, 3.63) is 64.8 Å². The van der Waals surface area contributed by atoms with Gasteiger partial charge in [-0.1, -0.05) is 30.7 Å². The summed E-state index contributed by atoms with van der Waals surface area (Å²) in [5.41, 5.74) is 3.15. The third kappa shape index (κ3) is 3.59. The molecule has 1 amide bonds. The molecule has 0 unspecified atom stereocenters. The van der Waals surface area contributed by atoms with Gasteiger partial charge < -0.3 is 9.47 Å². The summed E-state index contributed by atoms with van der Waals surface area (Å²) in [6, 6.07) is 15.0. The molecule has 0 bridgehead atoms. The van der Waals surface area contributed by atoms with Crippen LogP contribution in [0.3, 0.4) is 0 Å². The average molecular weight is 424 g/mol. The maximum absolute atomic E-state index is 12.7. The molecule has 1 aromatic heterocycles. The van der Waals surface area contributed by atoms with Gasteiger partial charge in [-0.25, -0.2) is 9.99 Å². The molecule has 1 aliphatic heterocycles. The van der Waals surface area contributed by atoms with Crippen molar-refractivity contribution >= 4 is 34.1 Å². The molecule has 0 N–H and O–H groups in total.